The molecule has 0 aliphatic carbocycles. The van der Waals surface area contributed by atoms with Crippen LogP contribution in [0, 0.1) is 5.92 Å². The molecule has 0 aliphatic rings. The van der Waals surface area contributed by atoms with Gasteiger partial charge in [0, 0.05) is 0 Å². The molecule has 0 fully saturated rings. The van der Waals surface area contributed by atoms with Crippen LogP contribution in [0.1, 0.15) is 39.2 Å². The maximum absolute atomic E-state index is 12.0. The fraction of sp³-hybridized carbons (Fsp3) is 0.533. The lowest BCUT2D eigenvalue weighted by molar-refractivity contribution is -0.125. The normalized spacial score (nSPS) is 14.4. The number of hydrogen-bond acceptors (Lipinski definition) is 2. The number of amides is 1. The van der Waals surface area contributed by atoms with E-state index in [2.05, 4.69) is 26.1 Å². The summed E-state index contributed by atoms with van der Waals surface area (Å²) in [6.07, 6.45) is 1.63. The molecule has 0 aromatic heterocycles. The van der Waals surface area contributed by atoms with Gasteiger partial charge in [0.1, 0.15) is 5.54 Å². The number of nitrogens with one attached hydrogen (secondary N) is 1. The van der Waals surface area contributed by atoms with Crippen LogP contribution in [0.15, 0.2) is 30.3 Å². The topological polar surface area (TPSA) is 55.1 Å². The molecule has 0 saturated heterocycles. The van der Waals surface area contributed by atoms with Crippen molar-refractivity contribution in [3.63, 3.8) is 0 Å². The first-order valence-electron chi connectivity index (χ1n) is 6.63. The lowest BCUT2D eigenvalue weighted by Crippen LogP contribution is -2.53. The Hall–Kier alpha value is -1.35. The van der Waals surface area contributed by atoms with Gasteiger partial charge in [-0.3, -0.25) is 10.1 Å². The first kappa shape index (κ1) is 14.7. The lowest BCUT2D eigenvalue weighted by atomic mass is 9.84. The van der Waals surface area contributed by atoms with Crippen molar-refractivity contribution >= 4 is 5.91 Å². The molecule has 0 bridgehead atoms. The molecule has 3 nitrogen and oxygen atoms in total. The quantitative estimate of drug-likeness (QED) is 0.778. The zero-order valence-electron chi connectivity index (χ0n) is 11.6. The van der Waals surface area contributed by atoms with E-state index in [4.69, 9.17) is 5.73 Å². The molecule has 0 radical (unpaired) electrons. The number of benzene rings is 1. The van der Waals surface area contributed by atoms with Gasteiger partial charge in [-0.05, 0) is 24.4 Å². The Kier molecular flexibility index (Phi) is 5.35. The number of primary amides is 1. The number of hydrogen-bond donors (Lipinski definition) is 2. The van der Waals surface area contributed by atoms with E-state index in [0.29, 0.717) is 5.92 Å². The Bertz CT molecular complexity index is 375. The van der Waals surface area contributed by atoms with Crippen LogP contribution in [-0.4, -0.2) is 12.5 Å². The monoisotopic (exact) mass is 248 g/mol. The van der Waals surface area contributed by atoms with Crippen LogP contribution in [0.5, 0.6) is 0 Å². The van der Waals surface area contributed by atoms with Crippen molar-refractivity contribution in [3.8, 4) is 0 Å². The highest BCUT2D eigenvalue weighted by Crippen LogP contribution is 2.26. The smallest absolute Gasteiger partial charge is 0.242 e. The molecule has 1 atom stereocenters. The van der Waals surface area contributed by atoms with Crippen molar-refractivity contribution in [2.24, 2.45) is 11.7 Å². The Morgan fingerprint density at radius 1 is 1.33 bits per heavy atom. The minimum Gasteiger partial charge on any atom is -0.368 e. The molecule has 3 N–H and O–H groups in total. The summed E-state index contributed by atoms with van der Waals surface area (Å²) in [5, 5.41) is 3.37. The van der Waals surface area contributed by atoms with Gasteiger partial charge in [0.2, 0.25) is 5.91 Å². The molecule has 1 unspecified atom stereocenters. The largest absolute Gasteiger partial charge is 0.368 e. The highest BCUT2D eigenvalue weighted by atomic mass is 16.1. The van der Waals surface area contributed by atoms with E-state index >= 15 is 0 Å². The van der Waals surface area contributed by atoms with Crippen LogP contribution >= 0.6 is 0 Å². The van der Waals surface area contributed by atoms with E-state index in [1.54, 1.807) is 0 Å². The van der Waals surface area contributed by atoms with Crippen molar-refractivity contribution in [1.82, 2.24) is 5.32 Å². The highest BCUT2D eigenvalue weighted by Gasteiger charge is 2.36. The number of carbonyl (C=O) groups excluding carboxylic acids is 1. The molecular weight excluding hydrogens is 224 g/mol. The zero-order valence-corrected chi connectivity index (χ0v) is 11.6. The second-order valence-electron chi connectivity index (χ2n) is 5.16. The Morgan fingerprint density at radius 2 is 1.94 bits per heavy atom. The zero-order chi connectivity index (χ0) is 13.6. The number of nitrogens with two attached hydrogens (primary N) is 1. The average molecular weight is 248 g/mol. The van der Waals surface area contributed by atoms with Crippen LogP contribution in [-0.2, 0) is 10.3 Å². The molecule has 100 valence electrons. The van der Waals surface area contributed by atoms with Gasteiger partial charge in [0.05, 0.1) is 0 Å². The van der Waals surface area contributed by atoms with Gasteiger partial charge >= 0.3 is 0 Å². The van der Waals surface area contributed by atoms with Gasteiger partial charge in [-0.25, -0.2) is 0 Å². The molecule has 1 aromatic rings. The van der Waals surface area contributed by atoms with Gasteiger partial charge in [-0.1, -0.05) is 57.5 Å². The first-order chi connectivity index (χ1) is 8.53. The predicted molar refractivity (Wildman–Crippen MR) is 75.1 cm³/mol. The summed E-state index contributed by atoms with van der Waals surface area (Å²) in [5.41, 5.74) is 5.90. The third-order valence-corrected chi connectivity index (χ3v) is 3.12. The average Bonchev–Trinajstić information content (AvgIpc) is 2.35. The minimum atomic E-state index is -0.736. The third kappa shape index (κ3) is 3.33. The fourth-order valence-corrected chi connectivity index (χ4v) is 2.16. The van der Waals surface area contributed by atoms with Gasteiger partial charge in [0.15, 0.2) is 0 Å². The molecule has 0 spiro atoms. The maximum atomic E-state index is 12.0. The lowest BCUT2D eigenvalue weighted by Gasteiger charge is -2.33. The van der Waals surface area contributed by atoms with Crippen LogP contribution in [0.2, 0.25) is 0 Å². The molecule has 0 saturated carbocycles. The van der Waals surface area contributed by atoms with Crippen molar-refractivity contribution < 1.29 is 4.79 Å². The Morgan fingerprint density at radius 3 is 2.39 bits per heavy atom. The molecule has 0 heterocycles. The minimum absolute atomic E-state index is 0.295. The van der Waals surface area contributed by atoms with Gasteiger partial charge in [-0.2, -0.15) is 0 Å². The molecule has 1 rings (SSSR count). The van der Waals surface area contributed by atoms with Crippen molar-refractivity contribution in [1.29, 1.82) is 0 Å². The molecule has 1 aromatic carbocycles. The molecular formula is C15H24N2O. The van der Waals surface area contributed by atoms with E-state index in [0.717, 1.165) is 24.9 Å². The highest BCUT2D eigenvalue weighted by molar-refractivity contribution is 5.86. The Labute approximate surface area is 110 Å². The van der Waals surface area contributed by atoms with E-state index in [1.165, 1.54) is 0 Å². The fourth-order valence-electron chi connectivity index (χ4n) is 2.16. The predicted octanol–water partition coefficient (Wildman–Crippen LogP) is 2.41. The van der Waals surface area contributed by atoms with Gasteiger partial charge in [0.25, 0.3) is 0 Å². The van der Waals surface area contributed by atoms with Crippen molar-refractivity contribution in [2.45, 2.75) is 39.2 Å². The summed E-state index contributed by atoms with van der Waals surface area (Å²) in [6, 6.07) is 9.77. The summed E-state index contributed by atoms with van der Waals surface area (Å²) < 4.78 is 0. The SMILES string of the molecule is CCCC(NCC(C)C)(C(N)=O)c1ccccc1. The second kappa shape index (κ2) is 6.55. The van der Waals surface area contributed by atoms with E-state index < -0.39 is 5.54 Å². The van der Waals surface area contributed by atoms with Crippen molar-refractivity contribution in [2.75, 3.05) is 6.54 Å². The standard InChI is InChI=1S/C15H24N2O/c1-4-10-15(14(16)18,17-11-12(2)3)13-8-6-5-7-9-13/h5-9,12,17H,4,10-11H2,1-3H3,(H2,16,18). The number of carbonyl (C=O) groups is 1. The number of rotatable bonds is 7. The summed E-state index contributed by atoms with van der Waals surface area (Å²) in [6.45, 7) is 7.08. The van der Waals surface area contributed by atoms with E-state index in [9.17, 15) is 4.79 Å². The van der Waals surface area contributed by atoms with Crippen LogP contribution in [0.4, 0.5) is 0 Å². The second-order valence-corrected chi connectivity index (χ2v) is 5.16. The molecule has 18 heavy (non-hydrogen) atoms. The molecule has 1 amide bonds. The third-order valence-electron chi connectivity index (χ3n) is 3.12. The molecule has 3 heteroatoms. The summed E-state index contributed by atoms with van der Waals surface area (Å²) >= 11 is 0. The summed E-state index contributed by atoms with van der Waals surface area (Å²) in [5.74, 6) is 0.181. The Balaban J connectivity index is 3.09. The summed E-state index contributed by atoms with van der Waals surface area (Å²) in [4.78, 5) is 12.0. The van der Waals surface area contributed by atoms with Crippen molar-refractivity contribution in [3.05, 3.63) is 35.9 Å². The van der Waals surface area contributed by atoms with Crippen LogP contribution < -0.4 is 11.1 Å². The maximum Gasteiger partial charge on any atom is 0.242 e. The summed E-state index contributed by atoms with van der Waals surface area (Å²) in [7, 11) is 0. The van der Waals surface area contributed by atoms with Crippen LogP contribution in [0.25, 0.3) is 0 Å². The van der Waals surface area contributed by atoms with Gasteiger partial charge in [-0.15, -0.1) is 0 Å². The molecule has 0 aliphatic heterocycles. The first-order valence-corrected chi connectivity index (χ1v) is 6.63. The van der Waals surface area contributed by atoms with E-state index in [1.807, 2.05) is 30.3 Å². The van der Waals surface area contributed by atoms with Gasteiger partial charge < -0.3 is 5.73 Å². The van der Waals surface area contributed by atoms with E-state index in [-0.39, 0.29) is 5.91 Å². The van der Waals surface area contributed by atoms with Crippen LogP contribution in [0.3, 0.4) is 0 Å².